The number of hydrogen-bond acceptors (Lipinski definition) is 3. The largest absolute Gasteiger partial charge is 0.478 e. The summed E-state index contributed by atoms with van der Waals surface area (Å²) in [5.74, 6) is 0.536. The molecule has 1 N–H and O–H groups in total. The number of likely N-dealkylation sites (tertiary alicyclic amines) is 1. The topological polar surface area (TPSA) is 53.4 Å². The smallest absolute Gasteiger partial charge is 0.337 e. The van der Waals surface area contributed by atoms with Crippen molar-refractivity contribution in [1.82, 2.24) is 9.88 Å². The van der Waals surface area contributed by atoms with Crippen molar-refractivity contribution in [2.75, 3.05) is 13.1 Å². The highest BCUT2D eigenvalue weighted by molar-refractivity contribution is 5.87. The Morgan fingerprint density at radius 2 is 2.06 bits per heavy atom. The van der Waals surface area contributed by atoms with Crippen LogP contribution in [0.3, 0.4) is 0 Å². The molecule has 0 bridgehead atoms. The molecule has 2 rings (SSSR count). The molecule has 0 saturated carbocycles. The van der Waals surface area contributed by atoms with Gasteiger partial charge in [0, 0.05) is 25.8 Å². The zero-order valence-electron chi connectivity index (χ0n) is 11.0. The van der Waals surface area contributed by atoms with Crippen molar-refractivity contribution in [3.63, 3.8) is 0 Å². The Bertz CT molecular complexity index is 406. The van der Waals surface area contributed by atoms with E-state index >= 15 is 0 Å². The molecule has 98 valence electrons. The summed E-state index contributed by atoms with van der Waals surface area (Å²) in [4.78, 5) is 17.4. The lowest BCUT2D eigenvalue weighted by Gasteiger charge is -2.34. The fourth-order valence-electron chi connectivity index (χ4n) is 2.79. The van der Waals surface area contributed by atoms with Gasteiger partial charge >= 0.3 is 5.97 Å². The summed E-state index contributed by atoms with van der Waals surface area (Å²) in [6, 6.07) is 3.44. The van der Waals surface area contributed by atoms with E-state index in [1.165, 1.54) is 12.6 Å². The second-order valence-electron chi connectivity index (χ2n) is 5.48. The van der Waals surface area contributed by atoms with E-state index in [1.807, 2.05) is 6.07 Å². The zero-order valence-corrected chi connectivity index (χ0v) is 11.0. The molecule has 0 aliphatic carbocycles. The van der Waals surface area contributed by atoms with Crippen LogP contribution in [0.2, 0.25) is 0 Å². The summed E-state index contributed by atoms with van der Waals surface area (Å²) in [6.45, 7) is 7.58. The third kappa shape index (κ3) is 3.29. The average Bonchev–Trinajstić information content (AvgIpc) is 2.28. The molecule has 4 nitrogen and oxygen atoms in total. The van der Waals surface area contributed by atoms with Crippen LogP contribution in [0.5, 0.6) is 0 Å². The Balaban J connectivity index is 1.98. The minimum atomic E-state index is -0.922. The Kier molecular flexibility index (Phi) is 3.97. The lowest BCUT2D eigenvalue weighted by atomic mass is 9.92. The molecule has 0 amide bonds. The second kappa shape index (κ2) is 5.48. The van der Waals surface area contributed by atoms with Crippen molar-refractivity contribution < 1.29 is 9.90 Å². The van der Waals surface area contributed by atoms with E-state index in [0.717, 1.165) is 37.2 Å². The predicted molar refractivity (Wildman–Crippen MR) is 69.4 cm³/mol. The van der Waals surface area contributed by atoms with Gasteiger partial charge in [-0.05, 0) is 30.4 Å². The molecule has 0 radical (unpaired) electrons. The first-order valence-electron chi connectivity index (χ1n) is 6.45. The van der Waals surface area contributed by atoms with Gasteiger partial charge in [0.2, 0.25) is 0 Å². The Morgan fingerprint density at radius 3 is 2.56 bits per heavy atom. The first kappa shape index (κ1) is 13.0. The van der Waals surface area contributed by atoms with E-state index < -0.39 is 5.97 Å². The van der Waals surface area contributed by atoms with Crippen LogP contribution in [0.25, 0.3) is 0 Å². The number of nitrogens with zero attached hydrogens (tertiary/aromatic N) is 2. The van der Waals surface area contributed by atoms with Crippen molar-refractivity contribution in [3.8, 4) is 0 Å². The van der Waals surface area contributed by atoms with Gasteiger partial charge < -0.3 is 5.11 Å². The molecule has 1 aliphatic heterocycles. The lowest BCUT2D eigenvalue weighted by Crippen LogP contribution is -2.38. The van der Waals surface area contributed by atoms with Gasteiger partial charge in [0.05, 0.1) is 11.3 Å². The predicted octanol–water partition coefficient (Wildman–Crippen LogP) is 2.26. The maximum atomic E-state index is 10.7. The van der Waals surface area contributed by atoms with Gasteiger partial charge in [0.25, 0.3) is 0 Å². The third-order valence-electron chi connectivity index (χ3n) is 3.40. The van der Waals surface area contributed by atoms with Gasteiger partial charge in [-0.3, -0.25) is 9.88 Å². The van der Waals surface area contributed by atoms with Crippen LogP contribution in [0, 0.1) is 11.8 Å². The molecular formula is C14H20N2O2. The molecular weight excluding hydrogens is 228 g/mol. The summed E-state index contributed by atoms with van der Waals surface area (Å²) in [5.41, 5.74) is 1.19. The summed E-state index contributed by atoms with van der Waals surface area (Å²) in [7, 11) is 0. The van der Waals surface area contributed by atoms with Crippen molar-refractivity contribution in [3.05, 3.63) is 29.6 Å². The van der Waals surface area contributed by atoms with Crippen molar-refractivity contribution in [2.45, 2.75) is 26.8 Å². The lowest BCUT2D eigenvalue weighted by molar-refractivity contribution is 0.0696. The highest BCUT2D eigenvalue weighted by Crippen LogP contribution is 2.22. The number of carbonyl (C=O) groups is 1. The molecule has 2 atom stereocenters. The van der Waals surface area contributed by atoms with Crippen LogP contribution in [0.1, 0.15) is 36.3 Å². The quantitative estimate of drug-likeness (QED) is 0.891. The van der Waals surface area contributed by atoms with Gasteiger partial charge in [-0.2, -0.15) is 0 Å². The van der Waals surface area contributed by atoms with Crippen molar-refractivity contribution in [1.29, 1.82) is 0 Å². The average molecular weight is 248 g/mol. The van der Waals surface area contributed by atoms with Gasteiger partial charge in [-0.15, -0.1) is 0 Å². The molecule has 2 heterocycles. The molecule has 1 saturated heterocycles. The molecule has 1 fully saturated rings. The third-order valence-corrected chi connectivity index (χ3v) is 3.40. The van der Waals surface area contributed by atoms with Crippen LogP contribution >= 0.6 is 0 Å². The number of aromatic carboxylic acids is 1. The standard InChI is InChI=1S/C14H20N2O2/c1-10-5-11(2)8-16(7-10)9-13-4-3-12(6-15-13)14(17)18/h3-4,6,10-11H,5,7-9H2,1-2H3,(H,17,18). The minimum absolute atomic E-state index is 0.249. The van der Waals surface area contributed by atoms with Crippen LogP contribution in [-0.2, 0) is 6.54 Å². The minimum Gasteiger partial charge on any atom is -0.478 e. The molecule has 0 spiro atoms. The highest BCUT2D eigenvalue weighted by Gasteiger charge is 2.21. The van der Waals surface area contributed by atoms with E-state index in [4.69, 9.17) is 5.11 Å². The maximum absolute atomic E-state index is 10.7. The maximum Gasteiger partial charge on any atom is 0.337 e. The van der Waals surface area contributed by atoms with E-state index in [2.05, 4.69) is 23.7 Å². The molecule has 18 heavy (non-hydrogen) atoms. The number of rotatable bonds is 3. The number of carboxylic acids is 1. The van der Waals surface area contributed by atoms with Gasteiger partial charge in [-0.25, -0.2) is 4.79 Å². The van der Waals surface area contributed by atoms with E-state index in [-0.39, 0.29) is 5.56 Å². The monoisotopic (exact) mass is 248 g/mol. The van der Waals surface area contributed by atoms with E-state index in [1.54, 1.807) is 6.07 Å². The molecule has 4 heteroatoms. The van der Waals surface area contributed by atoms with Gasteiger partial charge in [-0.1, -0.05) is 13.8 Å². The van der Waals surface area contributed by atoms with Crippen molar-refractivity contribution in [2.24, 2.45) is 11.8 Å². The number of hydrogen-bond donors (Lipinski definition) is 1. The summed E-state index contributed by atoms with van der Waals surface area (Å²) in [5, 5.41) is 8.82. The fourth-order valence-corrected chi connectivity index (χ4v) is 2.79. The SMILES string of the molecule is CC1CC(C)CN(Cc2ccc(C(=O)O)cn2)C1. The van der Waals surface area contributed by atoms with E-state index in [9.17, 15) is 4.79 Å². The normalized spacial score (nSPS) is 25.0. The zero-order chi connectivity index (χ0) is 13.1. The highest BCUT2D eigenvalue weighted by atomic mass is 16.4. The number of carboxylic acid groups (broad SMARTS) is 1. The van der Waals surface area contributed by atoms with Crippen molar-refractivity contribution >= 4 is 5.97 Å². The Hall–Kier alpha value is -1.42. The second-order valence-corrected chi connectivity index (χ2v) is 5.48. The molecule has 1 aromatic rings. The van der Waals surface area contributed by atoms with Crippen LogP contribution < -0.4 is 0 Å². The summed E-state index contributed by atoms with van der Waals surface area (Å²) < 4.78 is 0. The van der Waals surface area contributed by atoms with Gasteiger partial charge in [0.15, 0.2) is 0 Å². The van der Waals surface area contributed by atoms with Crippen LogP contribution in [0.15, 0.2) is 18.3 Å². The fraction of sp³-hybridized carbons (Fsp3) is 0.571. The first-order chi connectivity index (χ1) is 8.54. The Labute approximate surface area is 108 Å². The van der Waals surface area contributed by atoms with E-state index in [0.29, 0.717) is 0 Å². The van der Waals surface area contributed by atoms with Gasteiger partial charge in [0.1, 0.15) is 0 Å². The number of piperidine rings is 1. The Morgan fingerprint density at radius 1 is 1.39 bits per heavy atom. The number of pyridine rings is 1. The summed E-state index contributed by atoms with van der Waals surface area (Å²) in [6.07, 6.45) is 2.73. The van der Waals surface area contributed by atoms with Crippen LogP contribution in [-0.4, -0.2) is 34.0 Å². The van der Waals surface area contributed by atoms with Crippen LogP contribution in [0.4, 0.5) is 0 Å². The molecule has 0 aromatic carbocycles. The molecule has 2 unspecified atom stereocenters. The first-order valence-corrected chi connectivity index (χ1v) is 6.45. The molecule has 1 aliphatic rings. The summed E-state index contributed by atoms with van der Waals surface area (Å²) >= 11 is 0. The molecule has 1 aromatic heterocycles. The number of aromatic nitrogens is 1.